The molecule has 1 nitrogen and oxygen atoms in total. The summed E-state index contributed by atoms with van der Waals surface area (Å²) < 4.78 is 0. The lowest BCUT2D eigenvalue weighted by molar-refractivity contribution is 0.817. The zero-order valence-corrected chi connectivity index (χ0v) is 12.6. The van der Waals surface area contributed by atoms with E-state index in [4.69, 9.17) is 5.73 Å². The number of benzene rings is 2. The van der Waals surface area contributed by atoms with Crippen LogP contribution in [0.5, 0.6) is 0 Å². The Labute approximate surface area is 120 Å². The summed E-state index contributed by atoms with van der Waals surface area (Å²) in [5.41, 5.74) is 11.1. The average Bonchev–Trinajstić information content (AvgIpc) is 2.36. The zero-order valence-electron chi connectivity index (χ0n) is 11.8. The van der Waals surface area contributed by atoms with Gasteiger partial charge < -0.3 is 5.73 Å². The van der Waals surface area contributed by atoms with Gasteiger partial charge in [-0.25, -0.2) is 0 Å². The molecular weight excluding hydrogens is 250 g/mol. The molecule has 2 aromatic carbocycles. The monoisotopic (exact) mass is 271 g/mol. The van der Waals surface area contributed by atoms with E-state index in [9.17, 15) is 0 Å². The third-order valence-corrected chi connectivity index (χ3v) is 4.18. The summed E-state index contributed by atoms with van der Waals surface area (Å²) in [5, 5.41) is 0. The van der Waals surface area contributed by atoms with E-state index >= 15 is 0 Å². The van der Waals surface area contributed by atoms with Crippen LogP contribution in [0.25, 0.3) is 0 Å². The molecule has 19 heavy (non-hydrogen) atoms. The molecule has 0 radical (unpaired) electrons. The molecule has 0 bridgehead atoms. The molecule has 0 heterocycles. The molecule has 0 saturated heterocycles. The second-order valence-corrected chi connectivity index (χ2v) is 6.19. The van der Waals surface area contributed by atoms with E-state index in [1.807, 2.05) is 18.7 Å². The van der Waals surface area contributed by atoms with Crippen molar-refractivity contribution in [2.45, 2.75) is 37.5 Å². The standard InChI is InChI=1S/C17H21NS/c1-12-8-13(2)10-15(9-12)11-19-17-6-4-16(5-7-17)14(3)18/h4-10,14H,11,18H2,1-3H3. The number of aryl methyl sites for hydroxylation is 2. The maximum atomic E-state index is 5.86. The Balaban J connectivity index is 2.02. The molecule has 0 aliphatic carbocycles. The largest absolute Gasteiger partial charge is 0.324 e. The summed E-state index contributed by atoms with van der Waals surface area (Å²) >= 11 is 1.87. The highest BCUT2D eigenvalue weighted by atomic mass is 32.2. The molecule has 0 aliphatic rings. The van der Waals surface area contributed by atoms with Crippen molar-refractivity contribution in [3.05, 3.63) is 64.7 Å². The topological polar surface area (TPSA) is 26.0 Å². The fraction of sp³-hybridized carbons (Fsp3) is 0.294. The lowest BCUT2D eigenvalue weighted by atomic mass is 10.1. The molecule has 2 aromatic rings. The van der Waals surface area contributed by atoms with Gasteiger partial charge in [-0.15, -0.1) is 11.8 Å². The van der Waals surface area contributed by atoms with Crippen LogP contribution < -0.4 is 5.73 Å². The Kier molecular flexibility index (Phi) is 4.67. The average molecular weight is 271 g/mol. The van der Waals surface area contributed by atoms with Crippen molar-refractivity contribution in [3.8, 4) is 0 Å². The number of rotatable bonds is 4. The van der Waals surface area contributed by atoms with Crippen LogP contribution in [0.1, 0.15) is 35.2 Å². The normalized spacial score (nSPS) is 12.4. The van der Waals surface area contributed by atoms with Crippen molar-refractivity contribution in [3.63, 3.8) is 0 Å². The number of nitrogens with two attached hydrogens (primary N) is 1. The van der Waals surface area contributed by atoms with Crippen molar-refractivity contribution in [2.24, 2.45) is 5.73 Å². The summed E-state index contributed by atoms with van der Waals surface area (Å²) in [7, 11) is 0. The maximum Gasteiger partial charge on any atom is 0.0266 e. The summed E-state index contributed by atoms with van der Waals surface area (Å²) in [6.07, 6.45) is 0. The van der Waals surface area contributed by atoms with E-state index in [-0.39, 0.29) is 6.04 Å². The Morgan fingerprint density at radius 3 is 2.11 bits per heavy atom. The van der Waals surface area contributed by atoms with Crippen molar-refractivity contribution in [1.82, 2.24) is 0 Å². The lowest BCUT2D eigenvalue weighted by Crippen LogP contribution is -2.04. The highest BCUT2D eigenvalue weighted by Gasteiger charge is 2.01. The summed E-state index contributed by atoms with van der Waals surface area (Å²) in [4.78, 5) is 1.29. The minimum absolute atomic E-state index is 0.110. The van der Waals surface area contributed by atoms with Crippen LogP contribution in [0.3, 0.4) is 0 Å². The predicted octanol–water partition coefficient (Wildman–Crippen LogP) is 4.62. The Morgan fingerprint density at radius 2 is 1.58 bits per heavy atom. The number of thioether (sulfide) groups is 1. The Bertz CT molecular complexity index is 523. The fourth-order valence-electron chi connectivity index (χ4n) is 2.19. The second kappa shape index (κ2) is 6.27. The molecule has 1 atom stereocenters. The molecule has 100 valence electrons. The van der Waals surface area contributed by atoms with Gasteiger partial charge in [-0.1, -0.05) is 41.5 Å². The van der Waals surface area contributed by atoms with Crippen LogP contribution in [0, 0.1) is 13.8 Å². The molecule has 0 saturated carbocycles. The van der Waals surface area contributed by atoms with Gasteiger partial charge in [0.2, 0.25) is 0 Å². The van der Waals surface area contributed by atoms with Crippen LogP contribution in [0.15, 0.2) is 47.4 Å². The van der Waals surface area contributed by atoms with Crippen molar-refractivity contribution >= 4 is 11.8 Å². The van der Waals surface area contributed by atoms with Crippen molar-refractivity contribution < 1.29 is 0 Å². The third kappa shape index (κ3) is 4.12. The van der Waals surface area contributed by atoms with Crippen LogP contribution >= 0.6 is 11.8 Å². The smallest absolute Gasteiger partial charge is 0.0266 e. The molecule has 2 rings (SSSR count). The summed E-state index contributed by atoms with van der Waals surface area (Å²) in [5.74, 6) is 1.01. The molecule has 0 spiro atoms. The van der Waals surface area contributed by atoms with Gasteiger partial charge in [-0.3, -0.25) is 0 Å². The van der Waals surface area contributed by atoms with Gasteiger partial charge in [0.1, 0.15) is 0 Å². The molecule has 1 unspecified atom stereocenters. The van der Waals surface area contributed by atoms with Gasteiger partial charge in [0.05, 0.1) is 0 Å². The predicted molar refractivity (Wildman–Crippen MR) is 84.5 cm³/mol. The maximum absolute atomic E-state index is 5.86. The van der Waals surface area contributed by atoms with Crippen LogP contribution in [0.4, 0.5) is 0 Å². The molecule has 0 amide bonds. The minimum Gasteiger partial charge on any atom is -0.324 e. The van der Waals surface area contributed by atoms with E-state index < -0.39 is 0 Å². The molecule has 2 heteroatoms. The van der Waals surface area contributed by atoms with E-state index in [0.29, 0.717) is 0 Å². The van der Waals surface area contributed by atoms with Crippen LogP contribution in [-0.4, -0.2) is 0 Å². The highest BCUT2D eigenvalue weighted by Crippen LogP contribution is 2.25. The SMILES string of the molecule is Cc1cc(C)cc(CSc2ccc(C(C)N)cc2)c1. The first kappa shape index (κ1) is 14.2. The van der Waals surface area contributed by atoms with E-state index in [2.05, 4.69) is 56.3 Å². The molecule has 0 aromatic heterocycles. The van der Waals surface area contributed by atoms with Gasteiger partial charge in [-0.2, -0.15) is 0 Å². The lowest BCUT2D eigenvalue weighted by Gasteiger charge is -2.08. The van der Waals surface area contributed by atoms with Gasteiger partial charge >= 0.3 is 0 Å². The van der Waals surface area contributed by atoms with E-state index in [0.717, 1.165) is 5.75 Å². The second-order valence-electron chi connectivity index (χ2n) is 5.14. The van der Waals surface area contributed by atoms with Gasteiger partial charge in [0.15, 0.2) is 0 Å². The Morgan fingerprint density at radius 1 is 1.00 bits per heavy atom. The highest BCUT2D eigenvalue weighted by molar-refractivity contribution is 7.98. The fourth-order valence-corrected chi connectivity index (χ4v) is 3.02. The Hall–Kier alpha value is -1.25. The van der Waals surface area contributed by atoms with E-state index in [1.54, 1.807) is 0 Å². The first-order valence-corrected chi connectivity index (χ1v) is 7.58. The van der Waals surface area contributed by atoms with Gasteiger partial charge in [0, 0.05) is 16.7 Å². The molecule has 2 N–H and O–H groups in total. The molecular formula is C17H21NS. The third-order valence-electron chi connectivity index (χ3n) is 3.09. The first-order chi connectivity index (χ1) is 9.04. The van der Waals surface area contributed by atoms with Gasteiger partial charge in [0.25, 0.3) is 0 Å². The summed E-state index contributed by atoms with van der Waals surface area (Å²) in [6, 6.07) is 15.4. The quantitative estimate of drug-likeness (QED) is 0.821. The van der Waals surface area contributed by atoms with Gasteiger partial charge in [-0.05, 0) is 44.0 Å². The first-order valence-electron chi connectivity index (χ1n) is 6.60. The van der Waals surface area contributed by atoms with Crippen molar-refractivity contribution in [1.29, 1.82) is 0 Å². The molecule has 0 fully saturated rings. The minimum atomic E-state index is 0.110. The number of hydrogen-bond acceptors (Lipinski definition) is 2. The van der Waals surface area contributed by atoms with Crippen LogP contribution in [-0.2, 0) is 5.75 Å². The number of hydrogen-bond donors (Lipinski definition) is 1. The van der Waals surface area contributed by atoms with E-state index in [1.165, 1.54) is 27.1 Å². The summed E-state index contributed by atoms with van der Waals surface area (Å²) in [6.45, 7) is 6.31. The zero-order chi connectivity index (χ0) is 13.8. The van der Waals surface area contributed by atoms with Crippen LogP contribution in [0.2, 0.25) is 0 Å². The molecule has 0 aliphatic heterocycles. The van der Waals surface area contributed by atoms with Crippen molar-refractivity contribution in [2.75, 3.05) is 0 Å².